The highest BCUT2D eigenvalue weighted by Crippen LogP contribution is 2.38. The van der Waals surface area contributed by atoms with Gasteiger partial charge in [0.25, 0.3) is 0 Å². The van der Waals surface area contributed by atoms with E-state index in [4.69, 9.17) is 0 Å². The van der Waals surface area contributed by atoms with Crippen LogP contribution >= 0.6 is 0 Å². The number of allylic oxidation sites excluding steroid dienone is 3. The van der Waals surface area contributed by atoms with E-state index in [2.05, 4.69) is 18.0 Å². The van der Waals surface area contributed by atoms with Gasteiger partial charge >= 0.3 is 0 Å². The van der Waals surface area contributed by atoms with Crippen LogP contribution in [0.1, 0.15) is 83.5 Å². The normalized spacial score (nSPS) is 34.0. The highest BCUT2D eigenvalue weighted by Gasteiger charge is 2.28. The van der Waals surface area contributed by atoms with Gasteiger partial charge in [0.1, 0.15) is 0 Å². The molecule has 1 N–H and O–H groups in total. The number of hydrogen-bond acceptors (Lipinski definition) is 1. The van der Waals surface area contributed by atoms with Crippen molar-refractivity contribution in [2.24, 2.45) is 11.8 Å². The van der Waals surface area contributed by atoms with Gasteiger partial charge in [0.15, 0.2) is 0 Å². The highest BCUT2D eigenvalue weighted by atomic mass is 14.9. The molecule has 1 saturated heterocycles. The standard InChI is InChI=1S/C21H35N/c1-2-20(17-9-4-3-5-10-17)18-11-8-12-19(15-14-18)21-13-6-7-16-22-21/h2,18-19,21-22H,1,3-16H2. The minimum atomic E-state index is 0.819. The second-order valence-corrected chi connectivity index (χ2v) is 7.85. The molecule has 0 radical (unpaired) electrons. The van der Waals surface area contributed by atoms with E-state index in [9.17, 15) is 0 Å². The smallest absolute Gasteiger partial charge is 0.00953 e. The molecule has 22 heavy (non-hydrogen) atoms. The van der Waals surface area contributed by atoms with E-state index in [-0.39, 0.29) is 0 Å². The average molecular weight is 302 g/mol. The minimum absolute atomic E-state index is 0.819. The van der Waals surface area contributed by atoms with Crippen molar-refractivity contribution in [2.45, 2.75) is 89.5 Å². The Morgan fingerprint density at radius 3 is 2.45 bits per heavy atom. The summed E-state index contributed by atoms with van der Waals surface area (Å²) >= 11 is 0. The van der Waals surface area contributed by atoms with Crippen LogP contribution in [0.25, 0.3) is 0 Å². The third-order valence-corrected chi connectivity index (χ3v) is 6.46. The van der Waals surface area contributed by atoms with Gasteiger partial charge in [0, 0.05) is 6.04 Å². The van der Waals surface area contributed by atoms with Gasteiger partial charge in [-0.05, 0) is 88.2 Å². The molecular formula is C21H35N. The molecule has 0 bridgehead atoms. The Bertz CT molecular complexity index is 381. The maximum atomic E-state index is 4.18. The molecule has 3 rings (SSSR count). The first-order valence-electron chi connectivity index (χ1n) is 9.96. The Balaban J connectivity index is 1.62. The molecule has 3 unspecified atom stereocenters. The van der Waals surface area contributed by atoms with Gasteiger partial charge in [-0.3, -0.25) is 0 Å². The van der Waals surface area contributed by atoms with Crippen LogP contribution in [0.15, 0.2) is 23.8 Å². The van der Waals surface area contributed by atoms with Gasteiger partial charge in [-0.2, -0.15) is 0 Å². The van der Waals surface area contributed by atoms with Crippen molar-refractivity contribution in [2.75, 3.05) is 6.54 Å². The van der Waals surface area contributed by atoms with E-state index in [1.54, 1.807) is 11.1 Å². The summed E-state index contributed by atoms with van der Waals surface area (Å²) in [6.45, 7) is 5.44. The third-order valence-electron chi connectivity index (χ3n) is 6.46. The Morgan fingerprint density at radius 2 is 1.73 bits per heavy atom. The van der Waals surface area contributed by atoms with Gasteiger partial charge in [-0.15, -0.1) is 0 Å². The fraction of sp³-hybridized carbons (Fsp3) is 0.810. The topological polar surface area (TPSA) is 12.0 Å². The van der Waals surface area contributed by atoms with Crippen LogP contribution in [0.2, 0.25) is 0 Å². The van der Waals surface area contributed by atoms with E-state index in [1.807, 2.05) is 0 Å². The number of piperidine rings is 1. The summed E-state index contributed by atoms with van der Waals surface area (Å²) in [5.74, 6) is 1.76. The molecule has 0 aromatic carbocycles. The van der Waals surface area contributed by atoms with Crippen molar-refractivity contribution >= 4 is 0 Å². The van der Waals surface area contributed by atoms with E-state index in [0.717, 1.165) is 17.9 Å². The zero-order valence-corrected chi connectivity index (χ0v) is 14.4. The molecule has 0 spiro atoms. The monoisotopic (exact) mass is 301 g/mol. The molecule has 3 aliphatic rings. The Morgan fingerprint density at radius 1 is 0.864 bits per heavy atom. The summed E-state index contributed by atoms with van der Waals surface area (Å²) in [4.78, 5) is 0. The van der Waals surface area contributed by atoms with Gasteiger partial charge in [-0.25, -0.2) is 0 Å². The van der Waals surface area contributed by atoms with Crippen LogP contribution in [0, 0.1) is 11.8 Å². The predicted molar refractivity (Wildman–Crippen MR) is 96.0 cm³/mol. The molecule has 1 nitrogen and oxygen atoms in total. The van der Waals surface area contributed by atoms with Crippen molar-refractivity contribution < 1.29 is 0 Å². The van der Waals surface area contributed by atoms with Gasteiger partial charge < -0.3 is 5.32 Å². The lowest BCUT2D eigenvalue weighted by atomic mass is 9.82. The highest BCUT2D eigenvalue weighted by molar-refractivity contribution is 5.28. The lowest BCUT2D eigenvalue weighted by Crippen LogP contribution is -2.39. The molecular weight excluding hydrogens is 266 g/mol. The minimum Gasteiger partial charge on any atom is -0.314 e. The second-order valence-electron chi connectivity index (χ2n) is 7.85. The van der Waals surface area contributed by atoms with Crippen LogP contribution in [0.4, 0.5) is 0 Å². The lowest BCUT2D eigenvalue weighted by molar-refractivity contribution is 0.269. The molecule has 0 amide bonds. The molecule has 0 aromatic heterocycles. The van der Waals surface area contributed by atoms with Gasteiger partial charge in [0.2, 0.25) is 0 Å². The molecule has 1 aliphatic heterocycles. The van der Waals surface area contributed by atoms with Crippen molar-refractivity contribution in [3.8, 4) is 0 Å². The first kappa shape index (κ1) is 16.3. The fourth-order valence-electron chi connectivity index (χ4n) is 5.19. The van der Waals surface area contributed by atoms with E-state index in [1.165, 1.54) is 90.0 Å². The SMILES string of the molecule is C=CC(=C1CCCCC1)C1CCCC(C2CCCCN2)CC1. The summed E-state index contributed by atoms with van der Waals surface area (Å²) in [5.41, 5.74) is 3.43. The van der Waals surface area contributed by atoms with Gasteiger partial charge in [-0.1, -0.05) is 37.5 Å². The zero-order valence-electron chi connectivity index (χ0n) is 14.4. The predicted octanol–water partition coefficient (Wildman–Crippen LogP) is 5.77. The molecule has 1 heterocycles. The largest absolute Gasteiger partial charge is 0.314 e. The number of rotatable bonds is 3. The Kier molecular flexibility index (Phi) is 6.18. The Hall–Kier alpha value is -0.560. The first-order chi connectivity index (χ1) is 10.9. The van der Waals surface area contributed by atoms with E-state index < -0.39 is 0 Å². The third kappa shape index (κ3) is 4.04. The van der Waals surface area contributed by atoms with Crippen molar-refractivity contribution in [1.82, 2.24) is 5.32 Å². The fourth-order valence-corrected chi connectivity index (χ4v) is 5.19. The van der Waals surface area contributed by atoms with Crippen LogP contribution in [0.5, 0.6) is 0 Å². The van der Waals surface area contributed by atoms with Crippen LogP contribution in [0.3, 0.4) is 0 Å². The summed E-state index contributed by atoms with van der Waals surface area (Å²) in [6, 6.07) is 0.821. The average Bonchev–Trinajstić information content (AvgIpc) is 2.84. The molecule has 2 saturated carbocycles. The van der Waals surface area contributed by atoms with Crippen LogP contribution < -0.4 is 5.32 Å². The molecule has 0 aromatic rings. The summed E-state index contributed by atoms with van der Waals surface area (Å²) in [5, 5.41) is 3.81. The quantitative estimate of drug-likeness (QED) is 0.652. The summed E-state index contributed by atoms with van der Waals surface area (Å²) in [7, 11) is 0. The summed E-state index contributed by atoms with van der Waals surface area (Å²) < 4.78 is 0. The van der Waals surface area contributed by atoms with Crippen LogP contribution in [-0.4, -0.2) is 12.6 Å². The number of hydrogen-bond donors (Lipinski definition) is 1. The van der Waals surface area contributed by atoms with Crippen molar-refractivity contribution in [3.63, 3.8) is 0 Å². The lowest BCUT2D eigenvalue weighted by Gasteiger charge is -2.31. The first-order valence-corrected chi connectivity index (χ1v) is 9.96. The zero-order chi connectivity index (χ0) is 15.2. The maximum Gasteiger partial charge on any atom is 0.00953 e. The van der Waals surface area contributed by atoms with Crippen molar-refractivity contribution in [3.05, 3.63) is 23.8 Å². The van der Waals surface area contributed by atoms with Gasteiger partial charge in [0.05, 0.1) is 0 Å². The molecule has 2 aliphatic carbocycles. The van der Waals surface area contributed by atoms with Crippen molar-refractivity contribution in [1.29, 1.82) is 0 Å². The molecule has 124 valence electrons. The summed E-state index contributed by atoms with van der Waals surface area (Å²) in [6.07, 6.45) is 20.6. The maximum absolute atomic E-state index is 4.18. The number of nitrogens with one attached hydrogen (secondary N) is 1. The second kappa shape index (κ2) is 8.34. The van der Waals surface area contributed by atoms with E-state index >= 15 is 0 Å². The molecule has 3 fully saturated rings. The van der Waals surface area contributed by atoms with E-state index in [0.29, 0.717) is 0 Å². The van der Waals surface area contributed by atoms with Crippen LogP contribution in [-0.2, 0) is 0 Å². The molecule has 3 atom stereocenters. The Labute approximate surface area is 137 Å². The molecule has 1 heteroatoms.